The molecule has 0 aliphatic carbocycles. The van der Waals surface area contributed by atoms with Gasteiger partial charge in [-0.25, -0.2) is 0 Å². The van der Waals surface area contributed by atoms with Crippen molar-refractivity contribution >= 4 is 56.2 Å². The lowest BCUT2D eigenvalue weighted by Gasteiger charge is -2.00. The average molecular weight is 321 g/mol. The molecule has 1 aromatic rings. The van der Waals surface area contributed by atoms with Gasteiger partial charge >= 0.3 is 0 Å². The Labute approximate surface area is 88.2 Å². The maximum Gasteiger partial charge on any atom is 0.281 e. The number of rotatable bonds is 1. The Kier molecular flexibility index (Phi) is 3.27. The molecule has 0 amide bonds. The number of benzene rings is 1. The van der Waals surface area contributed by atoms with Gasteiger partial charge in [0.15, 0.2) is 0 Å². The molecular formula is C6H4Cl2IOP. The van der Waals surface area contributed by atoms with Gasteiger partial charge in [-0.3, -0.25) is 4.57 Å². The first-order chi connectivity index (χ1) is 5.00. The largest absolute Gasteiger partial charge is 0.284 e. The van der Waals surface area contributed by atoms with Crippen molar-refractivity contribution in [2.24, 2.45) is 0 Å². The van der Waals surface area contributed by atoms with E-state index in [2.05, 4.69) is 22.6 Å². The molecule has 0 radical (unpaired) electrons. The summed E-state index contributed by atoms with van der Waals surface area (Å²) in [5.41, 5.74) is 0. The van der Waals surface area contributed by atoms with E-state index < -0.39 is 5.85 Å². The lowest BCUT2D eigenvalue weighted by Crippen LogP contribution is -1.96. The van der Waals surface area contributed by atoms with Crippen LogP contribution in [0.25, 0.3) is 0 Å². The summed E-state index contributed by atoms with van der Waals surface area (Å²) in [6.45, 7) is 0. The van der Waals surface area contributed by atoms with E-state index in [1.165, 1.54) is 0 Å². The monoisotopic (exact) mass is 320 g/mol. The molecule has 0 bridgehead atoms. The first-order valence-electron chi connectivity index (χ1n) is 2.75. The van der Waals surface area contributed by atoms with Crippen molar-refractivity contribution in [3.63, 3.8) is 0 Å². The zero-order chi connectivity index (χ0) is 8.48. The molecule has 0 N–H and O–H groups in total. The van der Waals surface area contributed by atoms with Crippen LogP contribution in [-0.4, -0.2) is 0 Å². The van der Waals surface area contributed by atoms with E-state index in [1.807, 2.05) is 6.07 Å². The summed E-state index contributed by atoms with van der Waals surface area (Å²) in [4.78, 5) is 0. The zero-order valence-electron chi connectivity index (χ0n) is 5.30. The third kappa shape index (κ3) is 2.94. The van der Waals surface area contributed by atoms with Crippen LogP contribution in [0.1, 0.15) is 0 Å². The van der Waals surface area contributed by atoms with Gasteiger partial charge in [0.25, 0.3) is 5.85 Å². The lowest BCUT2D eigenvalue weighted by molar-refractivity contribution is 0.597. The van der Waals surface area contributed by atoms with Crippen LogP contribution in [0.4, 0.5) is 0 Å². The van der Waals surface area contributed by atoms with Gasteiger partial charge in [0, 0.05) is 8.87 Å². The minimum absolute atomic E-state index is 0.493. The summed E-state index contributed by atoms with van der Waals surface area (Å²) in [5.74, 6) is -3.11. The summed E-state index contributed by atoms with van der Waals surface area (Å²) in [6.07, 6.45) is 0. The molecule has 0 saturated heterocycles. The third-order valence-corrected chi connectivity index (χ3v) is 3.83. The highest BCUT2D eigenvalue weighted by molar-refractivity contribution is 14.1. The van der Waals surface area contributed by atoms with Crippen molar-refractivity contribution in [3.8, 4) is 0 Å². The van der Waals surface area contributed by atoms with Gasteiger partial charge < -0.3 is 0 Å². The number of halogens is 3. The van der Waals surface area contributed by atoms with Crippen LogP contribution in [0.5, 0.6) is 0 Å². The predicted molar refractivity (Wildman–Crippen MR) is 58.1 cm³/mol. The predicted octanol–water partition coefficient (Wildman–Crippen LogP) is 3.59. The minimum atomic E-state index is -3.11. The summed E-state index contributed by atoms with van der Waals surface area (Å²) < 4.78 is 12.1. The van der Waals surface area contributed by atoms with E-state index in [0.717, 1.165) is 3.57 Å². The highest BCUT2D eigenvalue weighted by atomic mass is 127. The third-order valence-electron chi connectivity index (χ3n) is 1.11. The van der Waals surface area contributed by atoms with Crippen molar-refractivity contribution in [1.82, 2.24) is 0 Å². The molecule has 0 atom stereocenters. The van der Waals surface area contributed by atoms with E-state index in [4.69, 9.17) is 22.5 Å². The van der Waals surface area contributed by atoms with Crippen molar-refractivity contribution in [2.75, 3.05) is 0 Å². The van der Waals surface area contributed by atoms with Crippen LogP contribution in [-0.2, 0) is 4.57 Å². The molecular weight excluding hydrogens is 317 g/mol. The molecule has 0 unspecified atom stereocenters. The molecule has 0 aliphatic rings. The van der Waals surface area contributed by atoms with Crippen molar-refractivity contribution in [2.45, 2.75) is 0 Å². The first kappa shape index (κ1) is 9.85. The summed E-state index contributed by atoms with van der Waals surface area (Å²) >= 11 is 13.0. The van der Waals surface area contributed by atoms with Gasteiger partial charge in [-0.2, -0.15) is 0 Å². The fraction of sp³-hybridized carbons (Fsp3) is 0. The molecule has 11 heavy (non-hydrogen) atoms. The summed E-state index contributed by atoms with van der Waals surface area (Å²) in [7, 11) is 0. The Balaban J connectivity index is 3.17. The topological polar surface area (TPSA) is 17.1 Å². The summed E-state index contributed by atoms with van der Waals surface area (Å²) in [6, 6.07) is 7.02. The van der Waals surface area contributed by atoms with E-state index in [9.17, 15) is 4.57 Å². The first-order valence-corrected chi connectivity index (χ1v) is 7.35. The van der Waals surface area contributed by atoms with Crippen LogP contribution in [0.3, 0.4) is 0 Å². The smallest absolute Gasteiger partial charge is 0.281 e. The van der Waals surface area contributed by atoms with Crippen LogP contribution in [0, 0.1) is 3.57 Å². The van der Waals surface area contributed by atoms with Gasteiger partial charge in [-0.15, -0.1) is 0 Å². The maximum absolute atomic E-state index is 11.1. The normalized spacial score (nSPS) is 11.5. The quantitative estimate of drug-likeness (QED) is 0.571. The van der Waals surface area contributed by atoms with Gasteiger partial charge in [0.05, 0.1) is 0 Å². The fourth-order valence-corrected chi connectivity index (χ4v) is 2.61. The van der Waals surface area contributed by atoms with Crippen molar-refractivity contribution in [1.29, 1.82) is 0 Å². The second-order valence-corrected chi connectivity index (χ2v) is 8.00. The van der Waals surface area contributed by atoms with Gasteiger partial charge in [0.2, 0.25) is 0 Å². The molecule has 0 spiro atoms. The Morgan fingerprint density at radius 2 is 2.00 bits per heavy atom. The molecule has 1 aromatic carbocycles. The van der Waals surface area contributed by atoms with Gasteiger partial charge in [-0.05, 0) is 63.3 Å². The number of hydrogen-bond acceptors (Lipinski definition) is 1. The second kappa shape index (κ2) is 3.65. The molecule has 0 aliphatic heterocycles. The molecule has 0 aromatic heterocycles. The van der Waals surface area contributed by atoms with Crippen LogP contribution >= 0.6 is 50.9 Å². The fourth-order valence-electron chi connectivity index (χ4n) is 0.638. The van der Waals surface area contributed by atoms with E-state index in [-0.39, 0.29) is 0 Å². The van der Waals surface area contributed by atoms with Crippen LogP contribution in [0.2, 0.25) is 0 Å². The van der Waals surface area contributed by atoms with E-state index in [0.29, 0.717) is 5.30 Å². The highest BCUT2D eigenvalue weighted by Gasteiger charge is 2.16. The minimum Gasteiger partial charge on any atom is -0.284 e. The van der Waals surface area contributed by atoms with Gasteiger partial charge in [-0.1, -0.05) is 6.07 Å². The molecule has 60 valence electrons. The van der Waals surface area contributed by atoms with E-state index in [1.54, 1.807) is 18.2 Å². The molecule has 5 heteroatoms. The lowest BCUT2D eigenvalue weighted by atomic mass is 10.4. The molecule has 0 heterocycles. The van der Waals surface area contributed by atoms with Gasteiger partial charge in [0.1, 0.15) is 0 Å². The molecule has 1 nitrogen and oxygen atoms in total. The number of hydrogen-bond donors (Lipinski definition) is 0. The SMILES string of the molecule is O=P(Cl)(Cl)c1cccc(I)c1. The average Bonchev–Trinajstić information content (AvgIpc) is 1.86. The maximum atomic E-state index is 11.1. The van der Waals surface area contributed by atoms with Crippen LogP contribution in [0.15, 0.2) is 24.3 Å². The molecule has 0 fully saturated rings. The Morgan fingerprint density at radius 1 is 1.36 bits per heavy atom. The Bertz CT molecular complexity index is 309. The Hall–Kier alpha value is 0.760. The second-order valence-electron chi connectivity index (χ2n) is 1.94. The van der Waals surface area contributed by atoms with Crippen LogP contribution < -0.4 is 5.30 Å². The Morgan fingerprint density at radius 3 is 2.36 bits per heavy atom. The standard InChI is InChI=1S/C6H4Cl2IOP/c7-11(8,10)6-3-1-2-5(9)4-6/h1-4H. The summed E-state index contributed by atoms with van der Waals surface area (Å²) in [5, 5.41) is 0.493. The van der Waals surface area contributed by atoms with Crippen molar-refractivity contribution in [3.05, 3.63) is 27.8 Å². The van der Waals surface area contributed by atoms with E-state index >= 15 is 0 Å². The zero-order valence-corrected chi connectivity index (χ0v) is 9.86. The van der Waals surface area contributed by atoms with Crippen molar-refractivity contribution < 1.29 is 4.57 Å². The molecule has 0 saturated carbocycles. The molecule has 1 rings (SSSR count). The highest BCUT2D eigenvalue weighted by Crippen LogP contribution is 2.55.